The molecule has 0 spiro atoms. The molecule has 2 nitrogen and oxygen atoms in total. The number of thioether (sulfide) groups is 1. The maximum atomic E-state index is 13.3. The standard InChI is InChI=1S/C14H22FNOS/c1-4-16-11(3)13-7-12(15)5-6-14(13)18-9-10(2)8-17/h5-7,10-11,16-17H,4,8-9H2,1-3H3. The van der Waals surface area contributed by atoms with Crippen LogP contribution in [0.4, 0.5) is 4.39 Å². The minimum atomic E-state index is -0.200. The normalized spacial score (nSPS) is 14.5. The number of hydrogen-bond acceptors (Lipinski definition) is 3. The highest BCUT2D eigenvalue weighted by Crippen LogP contribution is 2.29. The smallest absolute Gasteiger partial charge is 0.123 e. The number of rotatable bonds is 7. The third-order valence-corrected chi connectivity index (χ3v) is 4.20. The average molecular weight is 271 g/mol. The van der Waals surface area contributed by atoms with Gasteiger partial charge in [-0.3, -0.25) is 0 Å². The van der Waals surface area contributed by atoms with Gasteiger partial charge in [0.15, 0.2) is 0 Å². The molecule has 0 aliphatic carbocycles. The molecule has 0 saturated carbocycles. The van der Waals surface area contributed by atoms with Crippen LogP contribution in [0.2, 0.25) is 0 Å². The summed E-state index contributed by atoms with van der Waals surface area (Å²) in [6.07, 6.45) is 0. The van der Waals surface area contributed by atoms with E-state index in [0.29, 0.717) is 0 Å². The summed E-state index contributed by atoms with van der Waals surface area (Å²) in [6, 6.07) is 5.05. The molecule has 2 unspecified atom stereocenters. The molecular formula is C14H22FNOS. The lowest BCUT2D eigenvalue weighted by Crippen LogP contribution is -2.18. The van der Waals surface area contributed by atoms with Crippen LogP contribution in [0.5, 0.6) is 0 Å². The first-order chi connectivity index (χ1) is 8.58. The fourth-order valence-electron chi connectivity index (χ4n) is 1.69. The fraction of sp³-hybridized carbons (Fsp3) is 0.571. The molecule has 1 aromatic carbocycles. The van der Waals surface area contributed by atoms with Crippen LogP contribution in [0, 0.1) is 11.7 Å². The van der Waals surface area contributed by atoms with Gasteiger partial charge in [-0.1, -0.05) is 13.8 Å². The maximum Gasteiger partial charge on any atom is 0.123 e. The average Bonchev–Trinajstić information content (AvgIpc) is 2.37. The molecule has 0 amide bonds. The molecule has 2 N–H and O–H groups in total. The number of benzene rings is 1. The molecule has 2 atom stereocenters. The Hall–Kier alpha value is -0.580. The van der Waals surface area contributed by atoms with E-state index >= 15 is 0 Å². The zero-order chi connectivity index (χ0) is 13.5. The topological polar surface area (TPSA) is 32.3 Å². The zero-order valence-electron chi connectivity index (χ0n) is 11.2. The van der Waals surface area contributed by atoms with Gasteiger partial charge in [0.2, 0.25) is 0 Å². The van der Waals surface area contributed by atoms with Gasteiger partial charge in [-0.05, 0) is 43.1 Å². The van der Waals surface area contributed by atoms with Crippen molar-refractivity contribution in [3.8, 4) is 0 Å². The van der Waals surface area contributed by atoms with Crippen molar-refractivity contribution < 1.29 is 9.50 Å². The number of halogens is 1. The molecular weight excluding hydrogens is 249 g/mol. The lowest BCUT2D eigenvalue weighted by molar-refractivity contribution is 0.250. The second-order valence-corrected chi connectivity index (χ2v) is 5.62. The number of aliphatic hydroxyl groups is 1. The summed E-state index contributed by atoms with van der Waals surface area (Å²) in [4.78, 5) is 1.09. The highest BCUT2D eigenvalue weighted by molar-refractivity contribution is 7.99. The van der Waals surface area contributed by atoms with Crippen molar-refractivity contribution in [1.82, 2.24) is 5.32 Å². The molecule has 0 saturated heterocycles. The number of nitrogens with one attached hydrogen (secondary N) is 1. The monoisotopic (exact) mass is 271 g/mol. The molecule has 0 radical (unpaired) electrons. The van der Waals surface area contributed by atoms with E-state index in [1.165, 1.54) is 6.07 Å². The Morgan fingerprint density at radius 3 is 2.72 bits per heavy atom. The van der Waals surface area contributed by atoms with Gasteiger partial charge in [0, 0.05) is 23.3 Å². The lowest BCUT2D eigenvalue weighted by atomic mass is 10.1. The van der Waals surface area contributed by atoms with Gasteiger partial charge >= 0.3 is 0 Å². The van der Waals surface area contributed by atoms with Crippen molar-refractivity contribution in [1.29, 1.82) is 0 Å². The molecule has 4 heteroatoms. The zero-order valence-corrected chi connectivity index (χ0v) is 12.1. The lowest BCUT2D eigenvalue weighted by Gasteiger charge is -2.18. The molecule has 18 heavy (non-hydrogen) atoms. The van der Waals surface area contributed by atoms with Crippen LogP contribution in [0.3, 0.4) is 0 Å². The number of aliphatic hydroxyl groups excluding tert-OH is 1. The first-order valence-electron chi connectivity index (χ1n) is 6.35. The Kier molecular flexibility index (Phi) is 6.68. The van der Waals surface area contributed by atoms with Gasteiger partial charge < -0.3 is 10.4 Å². The number of hydrogen-bond donors (Lipinski definition) is 2. The van der Waals surface area contributed by atoms with Crippen molar-refractivity contribution in [3.63, 3.8) is 0 Å². The Balaban J connectivity index is 2.82. The molecule has 102 valence electrons. The SMILES string of the molecule is CCNC(C)c1cc(F)ccc1SCC(C)CO. The third kappa shape index (κ3) is 4.59. The molecule has 0 bridgehead atoms. The highest BCUT2D eigenvalue weighted by atomic mass is 32.2. The van der Waals surface area contributed by atoms with E-state index in [1.807, 2.05) is 26.8 Å². The third-order valence-electron chi connectivity index (χ3n) is 2.78. The first kappa shape index (κ1) is 15.5. The summed E-state index contributed by atoms with van der Waals surface area (Å²) in [7, 11) is 0. The highest BCUT2D eigenvalue weighted by Gasteiger charge is 2.12. The van der Waals surface area contributed by atoms with Crippen molar-refractivity contribution >= 4 is 11.8 Å². The van der Waals surface area contributed by atoms with Gasteiger partial charge in [0.05, 0.1) is 0 Å². The van der Waals surface area contributed by atoms with Crippen LogP contribution in [-0.2, 0) is 0 Å². The summed E-state index contributed by atoms with van der Waals surface area (Å²) >= 11 is 1.68. The van der Waals surface area contributed by atoms with E-state index in [2.05, 4.69) is 5.32 Å². The van der Waals surface area contributed by atoms with Crippen LogP contribution < -0.4 is 5.32 Å². The molecule has 0 aromatic heterocycles. The Morgan fingerprint density at radius 1 is 1.39 bits per heavy atom. The summed E-state index contributed by atoms with van der Waals surface area (Å²) in [5, 5.41) is 12.3. The summed E-state index contributed by atoms with van der Waals surface area (Å²) in [5.41, 5.74) is 0.993. The maximum absolute atomic E-state index is 13.3. The molecule has 1 rings (SSSR count). The minimum Gasteiger partial charge on any atom is -0.396 e. The molecule has 0 heterocycles. The Bertz CT molecular complexity index is 373. The molecule has 0 aliphatic heterocycles. The van der Waals surface area contributed by atoms with Gasteiger partial charge in [-0.25, -0.2) is 4.39 Å². The van der Waals surface area contributed by atoms with Crippen LogP contribution in [0.1, 0.15) is 32.4 Å². The van der Waals surface area contributed by atoms with E-state index in [-0.39, 0.29) is 24.4 Å². The van der Waals surface area contributed by atoms with Crippen LogP contribution in [-0.4, -0.2) is 24.0 Å². The van der Waals surface area contributed by atoms with Crippen molar-refractivity contribution in [2.45, 2.75) is 31.7 Å². The minimum absolute atomic E-state index is 0.137. The van der Waals surface area contributed by atoms with Gasteiger partial charge in [-0.2, -0.15) is 0 Å². The summed E-state index contributed by atoms with van der Waals surface area (Å²) < 4.78 is 13.3. The van der Waals surface area contributed by atoms with E-state index in [0.717, 1.165) is 22.8 Å². The first-order valence-corrected chi connectivity index (χ1v) is 7.33. The second kappa shape index (κ2) is 7.77. The molecule has 1 aromatic rings. The van der Waals surface area contributed by atoms with Gasteiger partial charge in [0.1, 0.15) is 5.82 Å². The van der Waals surface area contributed by atoms with Crippen LogP contribution >= 0.6 is 11.8 Å². The quantitative estimate of drug-likeness (QED) is 0.747. The van der Waals surface area contributed by atoms with Crippen molar-refractivity contribution in [2.24, 2.45) is 5.92 Å². The largest absolute Gasteiger partial charge is 0.396 e. The van der Waals surface area contributed by atoms with E-state index < -0.39 is 0 Å². The van der Waals surface area contributed by atoms with Gasteiger partial charge in [0.25, 0.3) is 0 Å². The predicted octanol–water partition coefficient (Wildman–Crippen LogP) is 3.22. The van der Waals surface area contributed by atoms with Crippen molar-refractivity contribution in [3.05, 3.63) is 29.6 Å². The Labute approximate surface area is 113 Å². The molecule has 0 fully saturated rings. The van der Waals surface area contributed by atoms with Crippen LogP contribution in [0.15, 0.2) is 23.1 Å². The van der Waals surface area contributed by atoms with E-state index in [1.54, 1.807) is 17.8 Å². The van der Waals surface area contributed by atoms with Gasteiger partial charge in [-0.15, -0.1) is 11.8 Å². The predicted molar refractivity (Wildman–Crippen MR) is 75.5 cm³/mol. The second-order valence-electron chi connectivity index (χ2n) is 4.56. The van der Waals surface area contributed by atoms with Crippen molar-refractivity contribution in [2.75, 3.05) is 18.9 Å². The molecule has 0 aliphatic rings. The Morgan fingerprint density at radius 2 is 2.11 bits per heavy atom. The summed E-state index contributed by atoms with van der Waals surface area (Å²) in [5.74, 6) is 0.894. The van der Waals surface area contributed by atoms with E-state index in [9.17, 15) is 4.39 Å². The van der Waals surface area contributed by atoms with E-state index in [4.69, 9.17) is 5.11 Å². The van der Waals surface area contributed by atoms with Crippen LogP contribution in [0.25, 0.3) is 0 Å². The fourth-order valence-corrected chi connectivity index (χ4v) is 2.83. The summed E-state index contributed by atoms with van der Waals surface area (Å²) in [6.45, 7) is 7.12.